The van der Waals surface area contributed by atoms with Gasteiger partial charge >= 0.3 is 5.56 Å². The Bertz CT molecular complexity index is 709. The van der Waals surface area contributed by atoms with E-state index < -0.39 is 0 Å². The van der Waals surface area contributed by atoms with Crippen molar-refractivity contribution < 1.29 is 4.74 Å². The highest BCUT2D eigenvalue weighted by Gasteiger charge is 2.18. The molecule has 0 aliphatic heterocycles. The van der Waals surface area contributed by atoms with E-state index in [1.165, 1.54) is 0 Å². The third-order valence-corrected chi connectivity index (χ3v) is 3.46. The van der Waals surface area contributed by atoms with E-state index in [9.17, 15) is 4.79 Å². The Morgan fingerprint density at radius 3 is 2.57 bits per heavy atom. The summed E-state index contributed by atoms with van der Waals surface area (Å²) in [5.74, 6) is 0.471. The molecule has 0 saturated carbocycles. The van der Waals surface area contributed by atoms with Crippen LogP contribution in [0.25, 0.3) is 0 Å². The quantitative estimate of drug-likeness (QED) is 0.841. The summed E-state index contributed by atoms with van der Waals surface area (Å²) in [4.78, 5) is 16.5. The van der Waals surface area contributed by atoms with Crippen LogP contribution in [0.5, 0.6) is 11.6 Å². The molecule has 5 nitrogen and oxygen atoms in total. The second-order valence-corrected chi connectivity index (χ2v) is 6.74. The first-order chi connectivity index (χ1) is 9.70. The number of hydrogen-bond acceptors (Lipinski definition) is 4. The lowest BCUT2D eigenvalue weighted by molar-refractivity contribution is 0.363. The normalized spacial score (nSPS) is 11.5. The summed E-state index contributed by atoms with van der Waals surface area (Å²) in [5.41, 5.74) is 6.60. The van der Waals surface area contributed by atoms with E-state index in [4.69, 9.17) is 10.5 Å². The molecule has 1 aromatic carbocycles. The zero-order valence-corrected chi connectivity index (χ0v) is 14.1. The van der Waals surface area contributed by atoms with E-state index in [1.54, 1.807) is 23.0 Å². The molecule has 6 heteroatoms. The minimum atomic E-state index is -0.349. The van der Waals surface area contributed by atoms with E-state index in [2.05, 4.69) is 20.9 Å². The first kappa shape index (κ1) is 15.6. The smallest absolute Gasteiger partial charge is 0.314 e. The molecule has 0 aliphatic rings. The van der Waals surface area contributed by atoms with Crippen LogP contribution >= 0.6 is 15.9 Å². The molecule has 0 bridgehead atoms. The van der Waals surface area contributed by atoms with Crippen molar-refractivity contribution in [3.05, 3.63) is 44.9 Å². The van der Waals surface area contributed by atoms with Crippen molar-refractivity contribution in [3.63, 3.8) is 0 Å². The van der Waals surface area contributed by atoms with Crippen molar-refractivity contribution in [1.82, 2.24) is 9.55 Å². The van der Waals surface area contributed by atoms with Crippen molar-refractivity contribution in [2.45, 2.75) is 33.2 Å². The van der Waals surface area contributed by atoms with Crippen LogP contribution < -0.4 is 16.0 Å². The van der Waals surface area contributed by atoms with E-state index in [-0.39, 0.29) is 17.0 Å². The second-order valence-electron chi connectivity index (χ2n) is 5.82. The van der Waals surface area contributed by atoms with Gasteiger partial charge in [0.2, 0.25) is 0 Å². The molecule has 112 valence electrons. The standard InChI is InChI=1S/C15H18BrN3O2/c1-9-7-10(16)8-11(17)12(9)21-13-14(20)19(6-5-18-13)15(2,3)4/h5-8H,17H2,1-4H3. The maximum Gasteiger partial charge on any atom is 0.314 e. The molecule has 0 amide bonds. The molecule has 0 unspecified atom stereocenters. The Balaban J connectivity index is 2.49. The number of aryl methyl sites for hydroxylation is 1. The zero-order valence-electron chi connectivity index (χ0n) is 12.5. The van der Waals surface area contributed by atoms with Gasteiger partial charge in [-0.2, -0.15) is 0 Å². The molecule has 0 aliphatic carbocycles. The Hall–Kier alpha value is -1.82. The van der Waals surface area contributed by atoms with Gasteiger partial charge in [-0.05, 0) is 45.4 Å². The Morgan fingerprint density at radius 2 is 2.00 bits per heavy atom. The topological polar surface area (TPSA) is 70.1 Å². The highest BCUT2D eigenvalue weighted by Crippen LogP contribution is 2.32. The summed E-state index contributed by atoms with van der Waals surface area (Å²) in [6.45, 7) is 7.69. The maximum absolute atomic E-state index is 12.4. The van der Waals surface area contributed by atoms with Gasteiger partial charge in [0.05, 0.1) is 5.69 Å². The van der Waals surface area contributed by atoms with Crippen LogP contribution in [0.3, 0.4) is 0 Å². The number of rotatable bonds is 2. The lowest BCUT2D eigenvalue weighted by atomic mass is 10.1. The number of aromatic nitrogens is 2. The fourth-order valence-electron chi connectivity index (χ4n) is 1.98. The summed E-state index contributed by atoms with van der Waals surface area (Å²) < 4.78 is 8.11. The molecule has 0 spiro atoms. The van der Waals surface area contributed by atoms with Gasteiger partial charge in [0.25, 0.3) is 5.88 Å². The number of halogens is 1. The minimum absolute atomic E-state index is 0.0181. The fourth-order valence-corrected chi connectivity index (χ4v) is 2.57. The van der Waals surface area contributed by atoms with Crippen LogP contribution in [0.15, 0.2) is 33.8 Å². The van der Waals surface area contributed by atoms with Crippen molar-refractivity contribution in [1.29, 1.82) is 0 Å². The second kappa shape index (κ2) is 5.52. The Kier molecular flexibility index (Phi) is 4.09. The summed E-state index contributed by atoms with van der Waals surface area (Å²) in [5, 5.41) is 0. The Labute approximate surface area is 131 Å². The first-order valence-electron chi connectivity index (χ1n) is 6.52. The molecule has 0 fully saturated rings. The fraction of sp³-hybridized carbons (Fsp3) is 0.333. The highest BCUT2D eigenvalue weighted by molar-refractivity contribution is 9.10. The van der Waals surface area contributed by atoms with E-state index >= 15 is 0 Å². The lowest BCUT2D eigenvalue weighted by Gasteiger charge is -2.22. The molecule has 2 rings (SSSR count). The van der Waals surface area contributed by atoms with Crippen LogP contribution in [0.1, 0.15) is 26.3 Å². The number of ether oxygens (including phenoxy) is 1. The van der Waals surface area contributed by atoms with Gasteiger partial charge in [0.15, 0.2) is 5.75 Å². The van der Waals surface area contributed by atoms with Gasteiger partial charge in [-0.25, -0.2) is 4.98 Å². The zero-order chi connectivity index (χ0) is 15.8. The molecule has 1 heterocycles. The van der Waals surface area contributed by atoms with Gasteiger partial charge in [-0.3, -0.25) is 4.79 Å². The van der Waals surface area contributed by atoms with E-state index in [0.717, 1.165) is 10.0 Å². The molecular weight excluding hydrogens is 334 g/mol. The van der Waals surface area contributed by atoms with Crippen LogP contribution in [0, 0.1) is 6.92 Å². The van der Waals surface area contributed by atoms with Crippen LogP contribution in [-0.2, 0) is 5.54 Å². The average molecular weight is 352 g/mol. The molecule has 0 radical (unpaired) electrons. The summed E-state index contributed by atoms with van der Waals surface area (Å²) in [6, 6.07) is 3.60. The van der Waals surface area contributed by atoms with Crippen molar-refractivity contribution in [3.8, 4) is 11.6 Å². The van der Waals surface area contributed by atoms with Crippen molar-refractivity contribution >= 4 is 21.6 Å². The summed E-state index contributed by atoms with van der Waals surface area (Å²) >= 11 is 3.37. The largest absolute Gasteiger partial charge is 0.432 e. The SMILES string of the molecule is Cc1cc(Br)cc(N)c1Oc1nccn(C(C)(C)C)c1=O. The monoisotopic (exact) mass is 351 g/mol. The van der Waals surface area contributed by atoms with Crippen LogP contribution in [0.4, 0.5) is 5.69 Å². The van der Waals surface area contributed by atoms with Crippen molar-refractivity contribution in [2.24, 2.45) is 0 Å². The molecule has 0 saturated heterocycles. The third-order valence-electron chi connectivity index (χ3n) is 3.00. The number of benzene rings is 1. The summed E-state index contributed by atoms with van der Waals surface area (Å²) in [7, 11) is 0. The van der Waals surface area contributed by atoms with Gasteiger partial charge in [-0.1, -0.05) is 15.9 Å². The molecule has 0 atom stereocenters. The molecular formula is C15H18BrN3O2. The average Bonchev–Trinajstić information content (AvgIpc) is 2.33. The maximum atomic E-state index is 12.4. The molecule has 21 heavy (non-hydrogen) atoms. The number of nitrogens with zero attached hydrogens (tertiary/aromatic N) is 2. The molecule has 2 N–H and O–H groups in total. The van der Waals surface area contributed by atoms with Gasteiger partial charge in [-0.15, -0.1) is 0 Å². The minimum Gasteiger partial charge on any atom is -0.432 e. The van der Waals surface area contributed by atoms with E-state index in [0.29, 0.717) is 11.4 Å². The Morgan fingerprint density at radius 1 is 1.33 bits per heavy atom. The summed E-state index contributed by atoms with van der Waals surface area (Å²) in [6.07, 6.45) is 3.19. The first-order valence-corrected chi connectivity index (χ1v) is 7.31. The lowest BCUT2D eigenvalue weighted by Crippen LogP contribution is -2.34. The number of nitrogen functional groups attached to an aromatic ring is 1. The molecule has 1 aromatic heterocycles. The van der Waals surface area contributed by atoms with Gasteiger partial charge < -0.3 is 15.0 Å². The molecule has 2 aromatic rings. The van der Waals surface area contributed by atoms with Crippen LogP contribution in [0.2, 0.25) is 0 Å². The predicted octanol–water partition coefficient (Wildman–Crippen LogP) is 3.44. The van der Waals surface area contributed by atoms with Crippen LogP contribution in [-0.4, -0.2) is 9.55 Å². The number of anilines is 1. The number of hydrogen-bond donors (Lipinski definition) is 1. The van der Waals surface area contributed by atoms with Gasteiger partial charge in [0, 0.05) is 22.4 Å². The highest BCUT2D eigenvalue weighted by atomic mass is 79.9. The predicted molar refractivity (Wildman–Crippen MR) is 86.9 cm³/mol. The van der Waals surface area contributed by atoms with E-state index in [1.807, 2.05) is 33.8 Å². The van der Waals surface area contributed by atoms with Gasteiger partial charge in [0.1, 0.15) is 0 Å². The third kappa shape index (κ3) is 3.26. The van der Waals surface area contributed by atoms with Crippen molar-refractivity contribution in [2.75, 3.05) is 5.73 Å². The number of nitrogens with two attached hydrogens (primary N) is 1.